The van der Waals surface area contributed by atoms with Crippen molar-refractivity contribution in [1.29, 1.82) is 0 Å². The summed E-state index contributed by atoms with van der Waals surface area (Å²) >= 11 is 0. The van der Waals surface area contributed by atoms with Gasteiger partial charge in [-0.3, -0.25) is 9.78 Å². The molecular formula is C17H18N6O2. The predicted octanol–water partition coefficient (Wildman–Crippen LogP) is 1.01. The zero-order valence-electron chi connectivity index (χ0n) is 13.8. The minimum Gasteiger partial charge on any atom is -0.368 e. The second-order valence-corrected chi connectivity index (χ2v) is 5.95. The van der Waals surface area contributed by atoms with E-state index in [1.807, 2.05) is 36.1 Å². The lowest BCUT2D eigenvalue weighted by molar-refractivity contribution is 0.00172. The summed E-state index contributed by atoms with van der Waals surface area (Å²) in [6, 6.07) is 7.43. The Kier molecular flexibility index (Phi) is 4.02. The smallest absolute Gasteiger partial charge is 0.267 e. The number of carbonyl (C=O) groups is 1. The third-order valence-electron chi connectivity index (χ3n) is 4.29. The zero-order valence-corrected chi connectivity index (χ0v) is 13.8. The van der Waals surface area contributed by atoms with Crippen molar-refractivity contribution in [3.8, 4) is 11.3 Å². The molecule has 1 unspecified atom stereocenters. The lowest BCUT2D eigenvalue weighted by Crippen LogP contribution is -2.39. The van der Waals surface area contributed by atoms with Gasteiger partial charge in [0.1, 0.15) is 11.4 Å². The van der Waals surface area contributed by atoms with Crippen LogP contribution in [-0.4, -0.2) is 43.1 Å². The molecule has 25 heavy (non-hydrogen) atoms. The molecule has 128 valence electrons. The number of ether oxygens (including phenoxy) is 1. The molecule has 1 aliphatic rings. The summed E-state index contributed by atoms with van der Waals surface area (Å²) in [6.07, 6.45) is 5.16. The van der Waals surface area contributed by atoms with E-state index in [4.69, 9.17) is 4.74 Å². The number of carbonyl (C=O) groups excluding carboxylic acids is 1. The van der Waals surface area contributed by atoms with Gasteiger partial charge < -0.3 is 14.6 Å². The van der Waals surface area contributed by atoms with Gasteiger partial charge >= 0.3 is 0 Å². The van der Waals surface area contributed by atoms with Crippen molar-refractivity contribution in [2.45, 2.75) is 19.3 Å². The maximum absolute atomic E-state index is 12.2. The standard InChI is InChI=1S/C17H18N6O2/c1-22-8-2-3-14(22)17(24)19-9-13-10-23-15(11-25-13)16(20-21-23)12-4-6-18-7-5-12/h2-8,13H,9-11H2,1H3,(H,19,24). The largest absolute Gasteiger partial charge is 0.368 e. The molecule has 0 radical (unpaired) electrons. The molecule has 1 amide bonds. The number of hydrogen-bond acceptors (Lipinski definition) is 5. The van der Waals surface area contributed by atoms with E-state index < -0.39 is 0 Å². The summed E-state index contributed by atoms with van der Waals surface area (Å²) in [7, 11) is 1.84. The lowest BCUT2D eigenvalue weighted by atomic mass is 10.1. The van der Waals surface area contributed by atoms with Crippen LogP contribution in [0, 0.1) is 0 Å². The quantitative estimate of drug-likeness (QED) is 0.767. The molecule has 3 aromatic rings. The monoisotopic (exact) mass is 338 g/mol. The van der Waals surface area contributed by atoms with Crippen molar-refractivity contribution in [1.82, 2.24) is 29.9 Å². The van der Waals surface area contributed by atoms with Gasteiger partial charge in [0.05, 0.1) is 24.9 Å². The second-order valence-electron chi connectivity index (χ2n) is 5.95. The number of nitrogens with one attached hydrogen (secondary N) is 1. The highest BCUT2D eigenvalue weighted by Crippen LogP contribution is 2.24. The topological polar surface area (TPSA) is 86.9 Å². The number of nitrogens with zero attached hydrogens (tertiary/aromatic N) is 5. The van der Waals surface area contributed by atoms with Crippen LogP contribution in [0.5, 0.6) is 0 Å². The van der Waals surface area contributed by atoms with E-state index in [1.54, 1.807) is 23.0 Å². The Hall–Kier alpha value is -3.00. The third-order valence-corrected chi connectivity index (χ3v) is 4.29. The molecule has 8 heteroatoms. The maximum Gasteiger partial charge on any atom is 0.267 e. The van der Waals surface area contributed by atoms with Crippen LogP contribution in [0.1, 0.15) is 16.2 Å². The van der Waals surface area contributed by atoms with Gasteiger partial charge in [-0.25, -0.2) is 4.68 Å². The van der Waals surface area contributed by atoms with Crippen LogP contribution in [0.3, 0.4) is 0 Å². The molecule has 0 aliphatic carbocycles. The highest BCUT2D eigenvalue weighted by Gasteiger charge is 2.25. The van der Waals surface area contributed by atoms with Crippen LogP contribution < -0.4 is 5.32 Å². The Morgan fingerprint density at radius 3 is 2.96 bits per heavy atom. The zero-order chi connectivity index (χ0) is 17.2. The number of hydrogen-bond donors (Lipinski definition) is 1. The van der Waals surface area contributed by atoms with Crippen LogP contribution in [0.25, 0.3) is 11.3 Å². The Labute approximate surface area is 144 Å². The van der Waals surface area contributed by atoms with E-state index in [1.165, 1.54) is 0 Å². The van der Waals surface area contributed by atoms with Crippen LogP contribution in [0.4, 0.5) is 0 Å². The normalized spacial score (nSPS) is 16.4. The van der Waals surface area contributed by atoms with E-state index in [-0.39, 0.29) is 12.0 Å². The number of aryl methyl sites for hydroxylation is 1. The first-order chi connectivity index (χ1) is 12.2. The molecule has 0 saturated carbocycles. The molecule has 1 N–H and O–H groups in total. The van der Waals surface area contributed by atoms with E-state index >= 15 is 0 Å². The predicted molar refractivity (Wildman–Crippen MR) is 89.6 cm³/mol. The highest BCUT2D eigenvalue weighted by atomic mass is 16.5. The van der Waals surface area contributed by atoms with E-state index in [0.717, 1.165) is 17.0 Å². The van der Waals surface area contributed by atoms with Gasteiger partial charge in [0.2, 0.25) is 0 Å². The summed E-state index contributed by atoms with van der Waals surface area (Å²) in [5.41, 5.74) is 3.34. The van der Waals surface area contributed by atoms with Crippen molar-refractivity contribution < 1.29 is 9.53 Å². The van der Waals surface area contributed by atoms with E-state index in [9.17, 15) is 4.79 Å². The average molecular weight is 338 g/mol. The fourth-order valence-corrected chi connectivity index (χ4v) is 2.92. The lowest BCUT2D eigenvalue weighted by Gasteiger charge is -2.24. The van der Waals surface area contributed by atoms with Crippen LogP contribution in [0.2, 0.25) is 0 Å². The van der Waals surface area contributed by atoms with Gasteiger partial charge in [0, 0.05) is 37.7 Å². The van der Waals surface area contributed by atoms with Gasteiger partial charge in [0.15, 0.2) is 0 Å². The Balaban J connectivity index is 1.41. The summed E-state index contributed by atoms with van der Waals surface area (Å²) in [4.78, 5) is 16.2. The van der Waals surface area contributed by atoms with Crippen molar-refractivity contribution in [3.05, 3.63) is 54.2 Å². The minimum absolute atomic E-state index is 0.113. The van der Waals surface area contributed by atoms with Crippen molar-refractivity contribution in [2.75, 3.05) is 6.54 Å². The molecule has 4 heterocycles. The summed E-state index contributed by atoms with van der Waals surface area (Å²) < 4.78 is 9.52. The van der Waals surface area contributed by atoms with E-state index in [2.05, 4.69) is 20.6 Å². The fraction of sp³-hybridized carbons (Fsp3) is 0.294. The maximum atomic E-state index is 12.2. The molecule has 8 nitrogen and oxygen atoms in total. The number of rotatable bonds is 4. The van der Waals surface area contributed by atoms with Gasteiger partial charge in [-0.15, -0.1) is 5.10 Å². The van der Waals surface area contributed by atoms with Gasteiger partial charge in [-0.2, -0.15) is 0 Å². The average Bonchev–Trinajstić information content (AvgIpc) is 3.26. The molecule has 0 spiro atoms. The molecule has 4 rings (SSSR count). The first-order valence-corrected chi connectivity index (χ1v) is 8.06. The number of pyridine rings is 1. The molecule has 0 fully saturated rings. The second kappa shape index (κ2) is 6.48. The minimum atomic E-state index is -0.135. The van der Waals surface area contributed by atoms with Gasteiger partial charge in [-0.05, 0) is 24.3 Å². The molecule has 1 aliphatic heterocycles. The van der Waals surface area contributed by atoms with Gasteiger partial charge in [0.25, 0.3) is 5.91 Å². The molecule has 0 saturated heterocycles. The SMILES string of the molecule is Cn1cccc1C(=O)NCC1Cn2nnc(-c3ccncc3)c2CO1. The first kappa shape index (κ1) is 15.5. The molecule has 0 aromatic carbocycles. The Bertz CT molecular complexity index is 886. The summed E-state index contributed by atoms with van der Waals surface area (Å²) in [5, 5.41) is 11.4. The third kappa shape index (κ3) is 3.03. The van der Waals surface area contributed by atoms with E-state index in [0.29, 0.717) is 25.4 Å². The number of aromatic nitrogens is 5. The Morgan fingerprint density at radius 1 is 1.36 bits per heavy atom. The summed E-state index contributed by atoms with van der Waals surface area (Å²) in [5.74, 6) is -0.113. The number of fused-ring (bicyclic) bond motifs is 1. The molecular weight excluding hydrogens is 320 g/mol. The van der Waals surface area contributed by atoms with Crippen molar-refractivity contribution in [3.63, 3.8) is 0 Å². The van der Waals surface area contributed by atoms with Crippen LogP contribution in [0.15, 0.2) is 42.9 Å². The summed E-state index contributed by atoms with van der Waals surface area (Å²) in [6.45, 7) is 1.39. The Morgan fingerprint density at radius 2 is 2.20 bits per heavy atom. The fourth-order valence-electron chi connectivity index (χ4n) is 2.92. The van der Waals surface area contributed by atoms with Crippen LogP contribution >= 0.6 is 0 Å². The molecule has 1 atom stereocenters. The first-order valence-electron chi connectivity index (χ1n) is 8.06. The van der Waals surface area contributed by atoms with Crippen molar-refractivity contribution >= 4 is 5.91 Å². The highest BCUT2D eigenvalue weighted by molar-refractivity contribution is 5.92. The molecule has 3 aromatic heterocycles. The number of amides is 1. The van der Waals surface area contributed by atoms with Crippen LogP contribution in [-0.2, 0) is 24.9 Å². The van der Waals surface area contributed by atoms with Gasteiger partial charge in [-0.1, -0.05) is 5.21 Å². The molecule has 0 bridgehead atoms. The van der Waals surface area contributed by atoms with Crippen molar-refractivity contribution in [2.24, 2.45) is 7.05 Å².